The van der Waals surface area contributed by atoms with E-state index < -0.39 is 11.9 Å². The molecule has 0 saturated carbocycles. The molecular weight excluding hydrogens is 286 g/mol. The minimum absolute atomic E-state index is 0.0269. The summed E-state index contributed by atoms with van der Waals surface area (Å²) >= 11 is 1.62. The molecule has 21 heavy (non-hydrogen) atoms. The lowest BCUT2D eigenvalue weighted by Gasteiger charge is -2.30. The van der Waals surface area contributed by atoms with Gasteiger partial charge in [0.05, 0.1) is 10.8 Å². The Kier molecular flexibility index (Phi) is 4.29. The predicted molar refractivity (Wildman–Crippen MR) is 81.8 cm³/mol. The molecule has 1 N–H and O–H groups in total. The van der Waals surface area contributed by atoms with Gasteiger partial charge < -0.3 is 10.0 Å². The van der Waals surface area contributed by atoms with Crippen LogP contribution in [-0.2, 0) is 17.6 Å². The molecule has 0 bridgehead atoms. The second kappa shape index (κ2) is 6.18. The lowest BCUT2D eigenvalue weighted by atomic mass is 9.98. The van der Waals surface area contributed by atoms with Crippen LogP contribution in [0.5, 0.6) is 0 Å². The third-order valence-electron chi connectivity index (χ3n) is 4.52. The summed E-state index contributed by atoms with van der Waals surface area (Å²) in [6.45, 7) is 1.04. The highest BCUT2D eigenvalue weighted by Gasteiger charge is 2.29. The molecule has 1 aliphatic carbocycles. The molecule has 5 heteroatoms. The van der Waals surface area contributed by atoms with Gasteiger partial charge in [0.15, 0.2) is 0 Å². The summed E-state index contributed by atoms with van der Waals surface area (Å²) in [4.78, 5) is 27.6. The van der Waals surface area contributed by atoms with Gasteiger partial charge in [-0.25, -0.2) is 0 Å². The van der Waals surface area contributed by atoms with Crippen LogP contribution in [0.15, 0.2) is 6.07 Å². The van der Waals surface area contributed by atoms with Crippen molar-refractivity contribution < 1.29 is 14.7 Å². The van der Waals surface area contributed by atoms with Crippen LogP contribution in [-0.4, -0.2) is 35.0 Å². The van der Waals surface area contributed by atoms with E-state index in [2.05, 4.69) is 6.07 Å². The SMILES string of the molecule is O=C(O)C1CCCN(C(=O)c2cc3c(s2)CCCCC3)C1. The summed E-state index contributed by atoms with van der Waals surface area (Å²) in [5.74, 6) is -1.16. The molecule has 0 radical (unpaired) electrons. The minimum atomic E-state index is -0.783. The topological polar surface area (TPSA) is 57.6 Å². The molecule has 0 spiro atoms. The fraction of sp³-hybridized carbons (Fsp3) is 0.625. The van der Waals surface area contributed by atoms with Crippen molar-refractivity contribution in [1.82, 2.24) is 4.90 Å². The maximum Gasteiger partial charge on any atom is 0.308 e. The molecule has 1 aromatic rings. The number of thiophene rings is 1. The molecule has 1 saturated heterocycles. The van der Waals surface area contributed by atoms with Crippen LogP contribution in [0.4, 0.5) is 0 Å². The average Bonchev–Trinajstić information content (AvgIpc) is 2.77. The summed E-state index contributed by atoms with van der Waals surface area (Å²) in [5.41, 5.74) is 1.34. The summed E-state index contributed by atoms with van der Waals surface area (Å²) in [5, 5.41) is 9.14. The summed E-state index contributed by atoms with van der Waals surface area (Å²) < 4.78 is 0. The fourth-order valence-electron chi connectivity index (χ4n) is 3.29. The van der Waals surface area contributed by atoms with Crippen LogP contribution in [0.3, 0.4) is 0 Å². The van der Waals surface area contributed by atoms with Crippen molar-refractivity contribution in [1.29, 1.82) is 0 Å². The third kappa shape index (κ3) is 3.12. The van der Waals surface area contributed by atoms with Crippen LogP contribution in [0.1, 0.15) is 52.2 Å². The standard InChI is InChI=1S/C16H21NO3S/c18-15(17-8-4-6-12(10-17)16(19)20)14-9-11-5-2-1-3-7-13(11)21-14/h9,12H,1-8,10H2,(H,19,20). The minimum Gasteiger partial charge on any atom is -0.481 e. The Morgan fingerprint density at radius 1 is 1.19 bits per heavy atom. The number of piperidine rings is 1. The molecule has 4 nitrogen and oxygen atoms in total. The van der Waals surface area contributed by atoms with Gasteiger partial charge in [0.25, 0.3) is 5.91 Å². The first-order valence-corrected chi connectivity index (χ1v) is 8.60. The van der Waals surface area contributed by atoms with Crippen molar-refractivity contribution >= 4 is 23.2 Å². The summed E-state index contributed by atoms with van der Waals surface area (Å²) in [6, 6.07) is 2.05. The van der Waals surface area contributed by atoms with Crippen molar-refractivity contribution in [3.05, 3.63) is 21.4 Å². The van der Waals surface area contributed by atoms with Crippen LogP contribution in [0, 0.1) is 5.92 Å². The van der Waals surface area contributed by atoms with E-state index >= 15 is 0 Å². The third-order valence-corrected chi connectivity index (χ3v) is 5.74. The lowest BCUT2D eigenvalue weighted by molar-refractivity contribution is -0.143. The molecule has 2 aliphatic rings. The zero-order valence-electron chi connectivity index (χ0n) is 12.1. The number of carboxylic acid groups (broad SMARTS) is 1. The number of aryl methyl sites for hydroxylation is 2. The predicted octanol–water partition coefficient (Wildman–Crippen LogP) is 2.95. The van der Waals surface area contributed by atoms with E-state index in [9.17, 15) is 9.59 Å². The van der Waals surface area contributed by atoms with E-state index in [0.717, 1.165) is 24.1 Å². The Morgan fingerprint density at radius 3 is 2.81 bits per heavy atom. The van der Waals surface area contributed by atoms with Gasteiger partial charge in [0.1, 0.15) is 0 Å². The highest BCUT2D eigenvalue weighted by atomic mass is 32.1. The average molecular weight is 307 g/mol. The van der Waals surface area contributed by atoms with Crippen LogP contribution < -0.4 is 0 Å². The number of fused-ring (bicyclic) bond motifs is 1. The quantitative estimate of drug-likeness (QED) is 0.855. The van der Waals surface area contributed by atoms with E-state index in [-0.39, 0.29) is 5.91 Å². The number of amides is 1. The number of carboxylic acids is 1. The van der Waals surface area contributed by atoms with Gasteiger partial charge in [-0.15, -0.1) is 11.3 Å². The largest absolute Gasteiger partial charge is 0.481 e. The van der Waals surface area contributed by atoms with Crippen molar-refractivity contribution in [2.45, 2.75) is 44.9 Å². The molecule has 1 unspecified atom stereocenters. The van der Waals surface area contributed by atoms with Crippen molar-refractivity contribution in [3.8, 4) is 0 Å². The number of carbonyl (C=O) groups excluding carboxylic acids is 1. The van der Waals surface area contributed by atoms with Crippen LogP contribution >= 0.6 is 11.3 Å². The highest BCUT2D eigenvalue weighted by Crippen LogP contribution is 2.30. The fourth-order valence-corrected chi connectivity index (χ4v) is 4.51. The molecule has 1 aromatic heterocycles. The molecule has 3 rings (SSSR count). The van der Waals surface area contributed by atoms with E-state index in [0.29, 0.717) is 19.5 Å². The van der Waals surface area contributed by atoms with E-state index in [1.54, 1.807) is 16.2 Å². The molecular formula is C16H21NO3S. The van der Waals surface area contributed by atoms with Gasteiger partial charge in [-0.1, -0.05) is 6.42 Å². The Hall–Kier alpha value is -1.36. The molecule has 1 fully saturated rings. The summed E-state index contributed by atoms with van der Waals surface area (Å²) in [7, 11) is 0. The zero-order valence-corrected chi connectivity index (χ0v) is 13.0. The van der Waals surface area contributed by atoms with Crippen molar-refractivity contribution in [3.63, 3.8) is 0 Å². The molecule has 0 aromatic carbocycles. The molecule has 1 amide bonds. The van der Waals surface area contributed by atoms with Gasteiger partial charge in [-0.05, 0) is 50.2 Å². The van der Waals surface area contributed by atoms with Crippen LogP contribution in [0.25, 0.3) is 0 Å². The highest BCUT2D eigenvalue weighted by molar-refractivity contribution is 7.14. The molecule has 114 valence electrons. The van der Waals surface area contributed by atoms with Gasteiger partial charge >= 0.3 is 5.97 Å². The molecule has 1 aliphatic heterocycles. The second-order valence-electron chi connectivity index (χ2n) is 6.05. The number of nitrogens with zero attached hydrogens (tertiary/aromatic N) is 1. The molecule has 2 heterocycles. The zero-order chi connectivity index (χ0) is 14.8. The van der Waals surface area contributed by atoms with Gasteiger partial charge in [-0.2, -0.15) is 0 Å². The second-order valence-corrected chi connectivity index (χ2v) is 7.19. The number of carbonyl (C=O) groups is 2. The number of hydrogen-bond donors (Lipinski definition) is 1. The normalized spacial score (nSPS) is 22.5. The first-order chi connectivity index (χ1) is 10.1. The number of aliphatic carboxylic acids is 1. The maximum atomic E-state index is 12.6. The Balaban J connectivity index is 1.74. The number of likely N-dealkylation sites (tertiary alicyclic amines) is 1. The van der Waals surface area contributed by atoms with E-state index in [1.807, 2.05) is 0 Å². The van der Waals surface area contributed by atoms with Gasteiger partial charge in [-0.3, -0.25) is 9.59 Å². The Morgan fingerprint density at radius 2 is 2.00 bits per heavy atom. The smallest absolute Gasteiger partial charge is 0.308 e. The van der Waals surface area contributed by atoms with Gasteiger partial charge in [0.2, 0.25) is 0 Å². The number of rotatable bonds is 2. The van der Waals surface area contributed by atoms with Crippen molar-refractivity contribution in [2.75, 3.05) is 13.1 Å². The van der Waals surface area contributed by atoms with Crippen molar-refractivity contribution in [2.24, 2.45) is 5.92 Å². The Labute approximate surface area is 128 Å². The lowest BCUT2D eigenvalue weighted by Crippen LogP contribution is -2.42. The van der Waals surface area contributed by atoms with Gasteiger partial charge in [0, 0.05) is 18.0 Å². The van der Waals surface area contributed by atoms with E-state index in [4.69, 9.17) is 5.11 Å². The van der Waals surface area contributed by atoms with E-state index in [1.165, 1.54) is 29.7 Å². The first-order valence-electron chi connectivity index (χ1n) is 7.79. The molecule has 1 atom stereocenters. The maximum absolute atomic E-state index is 12.6. The monoisotopic (exact) mass is 307 g/mol. The van der Waals surface area contributed by atoms with Crippen LogP contribution in [0.2, 0.25) is 0 Å². The Bertz CT molecular complexity index is 528. The first kappa shape index (κ1) is 14.6. The number of hydrogen-bond acceptors (Lipinski definition) is 3. The summed E-state index contributed by atoms with van der Waals surface area (Å²) in [6.07, 6.45) is 7.33.